The van der Waals surface area contributed by atoms with E-state index in [4.69, 9.17) is 5.73 Å². The van der Waals surface area contributed by atoms with Crippen LogP contribution in [0.5, 0.6) is 0 Å². The summed E-state index contributed by atoms with van der Waals surface area (Å²) in [6.45, 7) is 0. The molecule has 0 atom stereocenters. The van der Waals surface area contributed by atoms with E-state index >= 15 is 0 Å². The second-order valence-electron chi connectivity index (χ2n) is 6.22. The van der Waals surface area contributed by atoms with Crippen LogP contribution in [0, 0.1) is 11.3 Å². The number of nitriles is 1. The first-order valence-electron chi connectivity index (χ1n) is 8.59. The summed E-state index contributed by atoms with van der Waals surface area (Å²) in [5.41, 5.74) is 9.79. The number of nitrogen functional groups attached to an aromatic ring is 1. The summed E-state index contributed by atoms with van der Waals surface area (Å²) in [6.07, 6.45) is 3.30. The van der Waals surface area contributed by atoms with Gasteiger partial charge in [0.2, 0.25) is 0 Å². The Bertz CT molecular complexity index is 1300. The van der Waals surface area contributed by atoms with E-state index in [0.717, 1.165) is 22.3 Å². The third-order valence-electron chi connectivity index (χ3n) is 4.49. The van der Waals surface area contributed by atoms with Crippen LogP contribution in [-0.2, 0) is 0 Å². The van der Waals surface area contributed by atoms with Crippen LogP contribution >= 0.6 is 0 Å². The van der Waals surface area contributed by atoms with Gasteiger partial charge in [-0.1, -0.05) is 30.3 Å². The van der Waals surface area contributed by atoms with Gasteiger partial charge in [-0.25, -0.2) is 9.67 Å². The Kier molecular flexibility index (Phi) is 3.45. The van der Waals surface area contributed by atoms with Gasteiger partial charge < -0.3 is 10.7 Å². The number of anilines is 1. The lowest BCUT2D eigenvalue weighted by molar-refractivity contribution is 0.799. The van der Waals surface area contributed by atoms with Crippen LogP contribution in [0.1, 0.15) is 5.56 Å². The first-order chi connectivity index (χ1) is 13.7. The molecular weight excluding hydrogens is 352 g/mol. The molecule has 28 heavy (non-hydrogen) atoms. The van der Waals surface area contributed by atoms with Crippen LogP contribution in [0.3, 0.4) is 0 Å². The molecule has 5 rings (SSSR count). The maximum Gasteiger partial charge on any atom is 0.188 e. The number of H-pyrrole nitrogens is 1. The molecule has 3 N–H and O–H groups in total. The Morgan fingerprint density at radius 2 is 1.82 bits per heavy atom. The van der Waals surface area contributed by atoms with Gasteiger partial charge in [0.1, 0.15) is 23.3 Å². The van der Waals surface area contributed by atoms with Gasteiger partial charge in [0.15, 0.2) is 5.82 Å². The maximum atomic E-state index is 9.22. The lowest BCUT2D eigenvalue weighted by Crippen LogP contribution is -2.05. The van der Waals surface area contributed by atoms with E-state index in [-0.39, 0.29) is 5.82 Å². The van der Waals surface area contributed by atoms with Crippen LogP contribution < -0.4 is 5.73 Å². The Balaban J connectivity index is 1.75. The Labute approximate surface area is 159 Å². The molecule has 3 heterocycles. The lowest BCUT2D eigenvalue weighted by atomic mass is 10.3. The number of hydrogen-bond acceptors (Lipinski definition) is 5. The molecule has 0 fully saturated rings. The number of nitrogens with one attached hydrogen (secondary N) is 1. The molecule has 134 valence electrons. The normalized spacial score (nSPS) is 11.0. The monoisotopic (exact) mass is 366 g/mol. The first-order valence-corrected chi connectivity index (χ1v) is 8.59. The van der Waals surface area contributed by atoms with Crippen LogP contribution in [0.4, 0.5) is 5.82 Å². The van der Waals surface area contributed by atoms with E-state index in [9.17, 15) is 5.26 Å². The van der Waals surface area contributed by atoms with Crippen LogP contribution in [0.25, 0.3) is 33.9 Å². The Morgan fingerprint density at radius 1 is 1.04 bits per heavy atom. The molecule has 0 saturated heterocycles. The predicted molar refractivity (Wildman–Crippen MR) is 105 cm³/mol. The minimum Gasteiger partial charge on any atom is -0.382 e. The molecule has 0 saturated carbocycles. The van der Waals surface area contributed by atoms with E-state index in [1.54, 1.807) is 4.68 Å². The molecule has 5 aromatic rings. The zero-order valence-corrected chi connectivity index (χ0v) is 14.6. The second kappa shape index (κ2) is 6.10. The van der Waals surface area contributed by atoms with Gasteiger partial charge in [-0.15, -0.1) is 5.10 Å². The quantitative estimate of drug-likeness (QED) is 0.509. The minimum atomic E-state index is 0.234. The summed E-state index contributed by atoms with van der Waals surface area (Å²) in [5, 5.41) is 18.1. The molecule has 0 aliphatic rings. The van der Waals surface area contributed by atoms with E-state index < -0.39 is 0 Å². The summed E-state index contributed by atoms with van der Waals surface area (Å²) in [6, 6.07) is 19.5. The van der Waals surface area contributed by atoms with E-state index in [1.807, 2.05) is 66.9 Å². The number of benzene rings is 2. The standard InChI is InChI=1S/C20H14N8/c21-10-13-11-23-28(18(13)22)20-15(12-27(26-20)14-6-2-1-3-7-14)19-24-16-8-4-5-9-17(16)25-19/h1-9,11-12H,22H2,(H,24,25). The van der Waals surface area contributed by atoms with E-state index in [1.165, 1.54) is 10.9 Å². The first kappa shape index (κ1) is 15.8. The average Bonchev–Trinajstić information content (AvgIpc) is 3.44. The number of para-hydroxylation sites is 3. The highest BCUT2D eigenvalue weighted by Gasteiger charge is 2.20. The number of nitrogens with zero attached hydrogens (tertiary/aromatic N) is 6. The van der Waals surface area contributed by atoms with Crippen molar-refractivity contribution in [1.29, 1.82) is 5.26 Å². The van der Waals surface area contributed by atoms with Crippen molar-refractivity contribution in [2.45, 2.75) is 0 Å². The van der Waals surface area contributed by atoms with Crippen molar-refractivity contribution in [3.63, 3.8) is 0 Å². The Hall–Kier alpha value is -4.38. The van der Waals surface area contributed by atoms with Gasteiger partial charge >= 0.3 is 0 Å². The van der Waals surface area contributed by atoms with E-state index in [2.05, 4.69) is 20.2 Å². The summed E-state index contributed by atoms with van der Waals surface area (Å²) in [4.78, 5) is 7.99. The van der Waals surface area contributed by atoms with Gasteiger partial charge in [0, 0.05) is 6.20 Å². The Morgan fingerprint density at radius 3 is 2.57 bits per heavy atom. The van der Waals surface area contributed by atoms with Crippen LogP contribution in [-0.4, -0.2) is 29.5 Å². The summed E-state index contributed by atoms with van der Waals surface area (Å²) in [5.74, 6) is 1.37. The zero-order valence-electron chi connectivity index (χ0n) is 14.6. The maximum absolute atomic E-state index is 9.22. The van der Waals surface area contributed by atoms with Crippen LogP contribution in [0.15, 0.2) is 67.0 Å². The molecule has 0 unspecified atom stereocenters. The molecule has 2 aromatic carbocycles. The molecule has 0 amide bonds. The van der Waals surface area contributed by atoms with Gasteiger partial charge in [-0.2, -0.15) is 15.0 Å². The molecule has 3 aromatic heterocycles. The fourth-order valence-electron chi connectivity index (χ4n) is 3.09. The molecule has 0 bridgehead atoms. The average molecular weight is 366 g/mol. The van der Waals surface area contributed by atoms with Gasteiger partial charge in [0.25, 0.3) is 0 Å². The highest BCUT2D eigenvalue weighted by atomic mass is 15.4. The number of aromatic nitrogens is 6. The third kappa shape index (κ3) is 2.42. The van der Waals surface area contributed by atoms with Crippen molar-refractivity contribution in [3.05, 3.63) is 72.6 Å². The summed E-state index contributed by atoms with van der Waals surface area (Å²) >= 11 is 0. The van der Waals surface area contributed by atoms with Crippen molar-refractivity contribution < 1.29 is 0 Å². The van der Waals surface area contributed by atoms with Gasteiger partial charge in [-0.3, -0.25) is 0 Å². The molecule has 0 aliphatic heterocycles. The van der Waals surface area contributed by atoms with E-state index in [0.29, 0.717) is 17.2 Å². The van der Waals surface area contributed by atoms with Crippen molar-refractivity contribution in [2.75, 3.05) is 5.73 Å². The number of rotatable bonds is 3. The number of imidazole rings is 1. The fraction of sp³-hybridized carbons (Fsp3) is 0. The number of nitrogens with two attached hydrogens (primary N) is 1. The molecule has 0 aliphatic carbocycles. The number of fused-ring (bicyclic) bond motifs is 1. The molecule has 0 spiro atoms. The third-order valence-corrected chi connectivity index (χ3v) is 4.49. The second-order valence-corrected chi connectivity index (χ2v) is 6.22. The minimum absolute atomic E-state index is 0.234. The smallest absolute Gasteiger partial charge is 0.188 e. The lowest BCUT2D eigenvalue weighted by Gasteiger charge is -2.02. The summed E-state index contributed by atoms with van der Waals surface area (Å²) < 4.78 is 3.20. The number of aromatic amines is 1. The van der Waals surface area contributed by atoms with Crippen molar-refractivity contribution in [2.24, 2.45) is 0 Å². The largest absolute Gasteiger partial charge is 0.382 e. The van der Waals surface area contributed by atoms with Crippen LogP contribution in [0.2, 0.25) is 0 Å². The molecule has 0 radical (unpaired) electrons. The fourth-order valence-corrected chi connectivity index (χ4v) is 3.09. The highest BCUT2D eigenvalue weighted by molar-refractivity contribution is 5.81. The number of hydrogen-bond donors (Lipinski definition) is 2. The summed E-state index contributed by atoms with van der Waals surface area (Å²) in [7, 11) is 0. The van der Waals surface area contributed by atoms with Crippen molar-refractivity contribution in [3.8, 4) is 29.0 Å². The predicted octanol–water partition coefficient (Wildman–Crippen LogP) is 3.06. The highest BCUT2D eigenvalue weighted by Crippen LogP contribution is 2.29. The molecule has 8 nitrogen and oxygen atoms in total. The van der Waals surface area contributed by atoms with Gasteiger partial charge in [-0.05, 0) is 24.3 Å². The van der Waals surface area contributed by atoms with Gasteiger partial charge in [0.05, 0.1) is 28.5 Å². The van der Waals surface area contributed by atoms with Crippen molar-refractivity contribution >= 4 is 16.9 Å². The topological polar surface area (TPSA) is 114 Å². The SMILES string of the molecule is N#Cc1cnn(-c2nn(-c3ccccc3)cc2-c2nc3ccccc3[nH]2)c1N. The molecular formula is C20H14N8. The zero-order chi connectivity index (χ0) is 19.1. The molecule has 8 heteroatoms. The van der Waals surface area contributed by atoms with Crippen molar-refractivity contribution in [1.82, 2.24) is 29.5 Å².